The number of nitro groups is 1. The maximum atomic E-state index is 11.9. The largest absolute Gasteiger partial charge is 0.300 e. The molecular weight excluding hydrogens is 242 g/mol. The van der Waals surface area contributed by atoms with Crippen LogP contribution in [0.15, 0.2) is 12.2 Å². The zero-order chi connectivity index (χ0) is 14.3. The molecule has 0 aromatic carbocycles. The van der Waals surface area contributed by atoms with Crippen LogP contribution in [0.4, 0.5) is 0 Å². The zero-order valence-electron chi connectivity index (χ0n) is 12.1. The first-order valence-electron chi connectivity index (χ1n) is 7.16. The highest BCUT2D eigenvalue weighted by Crippen LogP contribution is 2.55. The van der Waals surface area contributed by atoms with Crippen molar-refractivity contribution in [2.45, 2.75) is 40.2 Å². The molecule has 2 bridgehead atoms. The van der Waals surface area contributed by atoms with Gasteiger partial charge in [0.25, 0.3) is 0 Å². The van der Waals surface area contributed by atoms with Crippen LogP contribution in [-0.2, 0) is 4.79 Å². The maximum Gasteiger partial charge on any atom is 0.219 e. The van der Waals surface area contributed by atoms with Crippen molar-refractivity contribution in [2.75, 3.05) is 0 Å². The molecular formula is C15H23NO3. The summed E-state index contributed by atoms with van der Waals surface area (Å²) in [5.74, 6) is 1.24. The Hall–Kier alpha value is -1.19. The number of nitrogens with zero attached hydrogens (tertiary/aromatic N) is 1. The number of carbonyl (C=O) groups excluding carboxylic acids is 1. The van der Waals surface area contributed by atoms with Gasteiger partial charge < -0.3 is 0 Å². The normalized spacial score (nSPS) is 43.0. The molecule has 3 aliphatic carbocycles. The Bertz CT molecular complexity index is 416. The van der Waals surface area contributed by atoms with Crippen molar-refractivity contribution in [3.63, 3.8) is 0 Å². The summed E-state index contributed by atoms with van der Waals surface area (Å²) in [6, 6.07) is -0.549. The second-order valence-electron chi connectivity index (χ2n) is 6.49. The third kappa shape index (κ3) is 2.21. The molecule has 1 fully saturated rings. The van der Waals surface area contributed by atoms with Crippen molar-refractivity contribution >= 4 is 5.78 Å². The number of carbonyl (C=O) groups is 1. The quantitative estimate of drug-likeness (QED) is 0.448. The second kappa shape index (κ2) is 5.06. The average molecular weight is 265 g/mol. The van der Waals surface area contributed by atoms with Gasteiger partial charge in [0.05, 0.1) is 0 Å². The molecule has 4 heteroatoms. The molecule has 0 saturated heterocycles. The summed E-state index contributed by atoms with van der Waals surface area (Å²) in [6.07, 6.45) is 4.47. The summed E-state index contributed by atoms with van der Waals surface area (Å²) in [4.78, 5) is 23.1. The van der Waals surface area contributed by atoms with Crippen LogP contribution in [0.25, 0.3) is 0 Å². The first kappa shape index (κ1) is 14.2. The van der Waals surface area contributed by atoms with E-state index in [1.54, 1.807) is 6.92 Å². The standard InChI is InChI=1S/C15H23NO3/c1-8(2)13-12(16(18)19)7-5-6-11-9(3)14(13)15(11)10(4)17/h5-6,8-9,11-15H,7H2,1-4H3/b6-5-. The molecule has 0 aromatic heterocycles. The molecule has 3 aliphatic rings. The third-order valence-electron chi connectivity index (χ3n) is 5.18. The Kier molecular flexibility index (Phi) is 3.79. The van der Waals surface area contributed by atoms with Gasteiger partial charge in [0.2, 0.25) is 6.04 Å². The summed E-state index contributed by atoms with van der Waals surface area (Å²) in [6.45, 7) is 7.86. The smallest absolute Gasteiger partial charge is 0.219 e. The summed E-state index contributed by atoms with van der Waals surface area (Å²) >= 11 is 0. The van der Waals surface area contributed by atoms with Gasteiger partial charge in [-0.05, 0) is 30.6 Å². The van der Waals surface area contributed by atoms with Crippen molar-refractivity contribution in [3.8, 4) is 0 Å². The SMILES string of the molecule is CC(=O)C1C2/C=C\CC([N+](=O)[O-])C(C(C)C)C1C2C. The molecule has 3 rings (SSSR count). The highest BCUT2D eigenvalue weighted by molar-refractivity contribution is 5.80. The van der Waals surface area contributed by atoms with Crippen LogP contribution in [0.5, 0.6) is 0 Å². The monoisotopic (exact) mass is 265 g/mol. The number of hydrogen-bond donors (Lipinski definition) is 0. The van der Waals surface area contributed by atoms with Crippen LogP contribution in [-0.4, -0.2) is 16.7 Å². The van der Waals surface area contributed by atoms with Crippen LogP contribution in [0.3, 0.4) is 0 Å². The molecule has 0 spiro atoms. The first-order valence-corrected chi connectivity index (χ1v) is 7.16. The Morgan fingerprint density at radius 3 is 2.53 bits per heavy atom. The van der Waals surface area contributed by atoms with E-state index in [0.717, 1.165) is 0 Å². The van der Waals surface area contributed by atoms with E-state index in [1.807, 2.05) is 26.0 Å². The van der Waals surface area contributed by atoms with Crippen LogP contribution < -0.4 is 0 Å². The van der Waals surface area contributed by atoms with Crippen molar-refractivity contribution in [1.29, 1.82) is 0 Å². The summed E-state index contributed by atoms with van der Waals surface area (Å²) in [7, 11) is 0. The van der Waals surface area contributed by atoms with E-state index in [4.69, 9.17) is 0 Å². The highest BCUT2D eigenvalue weighted by Gasteiger charge is 2.57. The molecule has 4 nitrogen and oxygen atoms in total. The number of fused-ring (bicyclic) bond motifs is 3. The molecule has 6 atom stereocenters. The van der Waals surface area contributed by atoms with Gasteiger partial charge in [-0.3, -0.25) is 14.9 Å². The van der Waals surface area contributed by atoms with Gasteiger partial charge in [-0.15, -0.1) is 0 Å². The van der Waals surface area contributed by atoms with Crippen LogP contribution >= 0.6 is 0 Å². The van der Waals surface area contributed by atoms with E-state index in [2.05, 4.69) is 6.92 Å². The van der Waals surface area contributed by atoms with Gasteiger partial charge in [-0.1, -0.05) is 32.9 Å². The first-order chi connectivity index (χ1) is 8.86. The summed E-state index contributed by atoms with van der Waals surface area (Å²) in [5, 5.41) is 11.4. The van der Waals surface area contributed by atoms with Crippen LogP contribution in [0.1, 0.15) is 34.1 Å². The summed E-state index contributed by atoms with van der Waals surface area (Å²) in [5.41, 5.74) is 0. The lowest BCUT2D eigenvalue weighted by molar-refractivity contribution is -0.537. The minimum absolute atomic E-state index is 0.0000926. The van der Waals surface area contributed by atoms with Crippen molar-refractivity contribution in [2.24, 2.45) is 35.5 Å². The number of rotatable bonds is 3. The van der Waals surface area contributed by atoms with E-state index >= 15 is 0 Å². The lowest BCUT2D eigenvalue weighted by Crippen LogP contribution is -2.56. The average Bonchev–Trinajstić information content (AvgIpc) is 2.24. The van der Waals surface area contributed by atoms with E-state index in [0.29, 0.717) is 12.3 Å². The van der Waals surface area contributed by atoms with Gasteiger partial charge in [-0.25, -0.2) is 0 Å². The predicted octanol–water partition coefficient (Wildman–Crippen LogP) is 2.95. The molecule has 19 heavy (non-hydrogen) atoms. The van der Waals surface area contributed by atoms with Crippen LogP contribution in [0, 0.1) is 45.6 Å². The van der Waals surface area contributed by atoms with Gasteiger partial charge >= 0.3 is 0 Å². The van der Waals surface area contributed by atoms with Crippen LogP contribution in [0.2, 0.25) is 0 Å². The minimum atomic E-state index is -0.549. The number of Topliss-reactive ketones (excluding diaryl/α,β-unsaturated/α-hetero) is 1. The Labute approximate surface area is 114 Å². The molecule has 0 aromatic rings. The molecule has 106 valence electrons. The lowest BCUT2D eigenvalue weighted by Gasteiger charge is -2.54. The molecule has 0 heterocycles. The fourth-order valence-electron chi connectivity index (χ4n) is 4.35. The fourth-order valence-corrected chi connectivity index (χ4v) is 4.35. The molecule has 0 amide bonds. The summed E-state index contributed by atoms with van der Waals surface area (Å²) < 4.78 is 0. The lowest BCUT2D eigenvalue weighted by atomic mass is 9.49. The number of hydrogen-bond acceptors (Lipinski definition) is 3. The highest BCUT2D eigenvalue weighted by atomic mass is 16.6. The second-order valence-corrected chi connectivity index (χ2v) is 6.49. The van der Waals surface area contributed by atoms with E-state index in [-0.39, 0.29) is 40.3 Å². The maximum absolute atomic E-state index is 11.9. The zero-order valence-corrected chi connectivity index (χ0v) is 12.1. The van der Waals surface area contributed by atoms with Gasteiger partial charge in [-0.2, -0.15) is 0 Å². The van der Waals surface area contributed by atoms with Gasteiger partial charge in [0.15, 0.2) is 0 Å². The molecule has 0 aliphatic heterocycles. The number of ketones is 1. The van der Waals surface area contributed by atoms with E-state index in [9.17, 15) is 14.9 Å². The Balaban J connectivity index is 2.41. The van der Waals surface area contributed by atoms with Crippen molar-refractivity contribution < 1.29 is 9.72 Å². The molecule has 6 unspecified atom stereocenters. The fraction of sp³-hybridized carbons (Fsp3) is 0.800. The third-order valence-corrected chi connectivity index (χ3v) is 5.18. The van der Waals surface area contributed by atoms with E-state index < -0.39 is 6.04 Å². The van der Waals surface area contributed by atoms with Gasteiger partial charge in [0, 0.05) is 23.2 Å². The Morgan fingerprint density at radius 2 is 2.05 bits per heavy atom. The van der Waals surface area contributed by atoms with Crippen molar-refractivity contribution in [1.82, 2.24) is 0 Å². The van der Waals surface area contributed by atoms with Crippen molar-refractivity contribution in [3.05, 3.63) is 22.3 Å². The van der Waals surface area contributed by atoms with E-state index in [1.165, 1.54) is 0 Å². The Morgan fingerprint density at radius 1 is 1.42 bits per heavy atom. The molecule has 1 saturated carbocycles. The molecule has 0 radical (unpaired) electrons. The topological polar surface area (TPSA) is 60.2 Å². The number of allylic oxidation sites excluding steroid dienone is 1. The molecule has 0 N–H and O–H groups in total. The minimum Gasteiger partial charge on any atom is -0.300 e. The van der Waals surface area contributed by atoms with Gasteiger partial charge in [0.1, 0.15) is 5.78 Å². The predicted molar refractivity (Wildman–Crippen MR) is 73.2 cm³/mol.